The molecule has 2 aromatic carbocycles. The lowest BCUT2D eigenvalue weighted by Crippen LogP contribution is -2.39. The fraction of sp³-hybridized carbons (Fsp3) is 0.491. The van der Waals surface area contributed by atoms with Crippen LogP contribution < -0.4 is 15.5 Å². The van der Waals surface area contributed by atoms with Crippen molar-refractivity contribution in [3.05, 3.63) is 113 Å². The predicted octanol–water partition coefficient (Wildman–Crippen LogP) is 7.63. The number of allylic oxidation sites excluding steroid dienone is 2. The van der Waals surface area contributed by atoms with Gasteiger partial charge >= 0.3 is 6.18 Å². The van der Waals surface area contributed by atoms with Crippen LogP contribution >= 0.6 is 0 Å². The Hall–Kier alpha value is -5.76. The van der Waals surface area contributed by atoms with Crippen LogP contribution in [0.1, 0.15) is 62.5 Å². The van der Waals surface area contributed by atoms with Crippen LogP contribution in [-0.4, -0.2) is 151 Å². The summed E-state index contributed by atoms with van der Waals surface area (Å²) in [6.45, 7) is 16.8. The van der Waals surface area contributed by atoms with E-state index in [1.807, 2.05) is 46.8 Å². The maximum Gasteiger partial charge on any atom is 0.416 e. The van der Waals surface area contributed by atoms with Gasteiger partial charge in [0.2, 0.25) is 5.91 Å². The number of carbonyl (C=O) groups is 4. The van der Waals surface area contributed by atoms with Gasteiger partial charge in [-0.05, 0) is 88.7 Å². The summed E-state index contributed by atoms with van der Waals surface area (Å²) in [5.74, 6) is -1.80. The number of aromatic nitrogens is 1. The molecule has 0 spiro atoms. The minimum absolute atomic E-state index is 0.0417. The number of ether oxygens (including phenoxy) is 5. The third kappa shape index (κ3) is 22.0. The molecule has 1 atom stereocenters. The Morgan fingerprint density at radius 3 is 2.14 bits per heavy atom. The Morgan fingerprint density at radius 2 is 1.49 bits per heavy atom. The van der Waals surface area contributed by atoms with E-state index in [0.29, 0.717) is 107 Å². The molecule has 1 heterocycles. The summed E-state index contributed by atoms with van der Waals surface area (Å²) in [4.78, 5) is 61.5. The number of alkyl halides is 3. The monoisotopic (exact) mass is 995 g/mol. The van der Waals surface area contributed by atoms with E-state index in [9.17, 15) is 32.3 Å². The molecule has 3 amide bonds. The number of pyridine rings is 1. The third-order valence-corrected chi connectivity index (χ3v) is 11.0. The standard InChI is InChI=1S/C48H61F3N6O8.C5H12O/c1-5-57(6-2)41-16-17-43(42(34-41)44-33-39(18-19-52-44)45(59)53-35-36-10-7-13-40(32-36)48(49,50)51)54-46(60)37-11-8-12-38(15-14-37)47(61)55(3)20-21-56(22-26-62-4)23-27-64-29-31-65-30-28-63-25-9-24-58;1-5(2,3)6-4/h7-8,10-19,24,32-34,37H,5-6,9,20-23,25-31,35H2,1-4H3,(H,53,59)(H,54,60);1-4H3. The van der Waals surface area contributed by atoms with E-state index in [1.165, 1.54) is 24.4 Å². The van der Waals surface area contributed by atoms with E-state index in [4.69, 9.17) is 23.7 Å². The highest BCUT2D eigenvalue weighted by Crippen LogP contribution is 2.33. The van der Waals surface area contributed by atoms with Crippen LogP contribution in [0.2, 0.25) is 0 Å². The summed E-state index contributed by atoms with van der Waals surface area (Å²) >= 11 is 0. The second-order valence-electron chi connectivity index (χ2n) is 17.3. The third-order valence-electron chi connectivity index (χ3n) is 11.0. The first kappa shape index (κ1) is 59.5. The Bertz CT molecular complexity index is 2210. The average molecular weight is 995 g/mol. The highest BCUT2D eigenvalue weighted by Gasteiger charge is 2.30. The quantitative estimate of drug-likeness (QED) is 0.0542. The average Bonchev–Trinajstić information content (AvgIpc) is 3.62. The second kappa shape index (κ2) is 31.5. The van der Waals surface area contributed by atoms with Crippen molar-refractivity contribution in [3.63, 3.8) is 0 Å². The van der Waals surface area contributed by atoms with Gasteiger partial charge in [0.15, 0.2) is 0 Å². The summed E-state index contributed by atoms with van der Waals surface area (Å²) < 4.78 is 66.5. The highest BCUT2D eigenvalue weighted by atomic mass is 19.4. The minimum atomic E-state index is -4.51. The molecule has 0 radical (unpaired) electrons. The van der Waals surface area contributed by atoms with Crippen molar-refractivity contribution < 1.29 is 56.0 Å². The minimum Gasteiger partial charge on any atom is -0.383 e. The van der Waals surface area contributed by atoms with Gasteiger partial charge in [-0.2, -0.15) is 13.2 Å². The summed E-state index contributed by atoms with van der Waals surface area (Å²) in [6, 6.07) is 13.4. The molecule has 71 heavy (non-hydrogen) atoms. The first-order valence-electron chi connectivity index (χ1n) is 23.8. The van der Waals surface area contributed by atoms with E-state index in [-0.39, 0.29) is 29.5 Å². The molecule has 1 aliphatic rings. The van der Waals surface area contributed by atoms with E-state index < -0.39 is 23.6 Å². The molecule has 1 unspecified atom stereocenters. The van der Waals surface area contributed by atoms with Crippen molar-refractivity contribution in [1.82, 2.24) is 20.1 Å². The summed E-state index contributed by atoms with van der Waals surface area (Å²) in [6.07, 6.45) is 6.51. The molecule has 0 bridgehead atoms. The zero-order valence-corrected chi connectivity index (χ0v) is 42.5. The van der Waals surface area contributed by atoms with Crippen molar-refractivity contribution in [2.24, 2.45) is 5.92 Å². The molecule has 0 saturated carbocycles. The van der Waals surface area contributed by atoms with Crippen molar-refractivity contribution in [2.75, 3.05) is 117 Å². The van der Waals surface area contributed by atoms with Crippen LogP contribution in [0.3, 0.4) is 0 Å². The van der Waals surface area contributed by atoms with Gasteiger partial charge in [0.25, 0.3) is 11.8 Å². The maximum atomic E-state index is 13.9. The van der Waals surface area contributed by atoms with E-state index in [2.05, 4.69) is 25.4 Å². The number of nitrogens with zero attached hydrogens (tertiary/aromatic N) is 4. The van der Waals surface area contributed by atoms with E-state index in [0.717, 1.165) is 37.2 Å². The van der Waals surface area contributed by atoms with Gasteiger partial charge in [-0.15, -0.1) is 0 Å². The number of likely N-dealkylation sites (N-methyl/N-ethyl adjacent to an activating group) is 1. The number of hydrogen-bond donors (Lipinski definition) is 2. The number of hydrogen-bond acceptors (Lipinski definition) is 12. The maximum absolute atomic E-state index is 13.9. The first-order chi connectivity index (χ1) is 33.9. The van der Waals surface area contributed by atoms with Crippen LogP contribution in [0.25, 0.3) is 11.3 Å². The number of rotatable bonds is 28. The van der Waals surface area contributed by atoms with Crippen LogP contribution in [0, 0.1) is 5.92 Å². The van der Waals surface area contributed by atoms with Gasteiger partial charge in [0, 0.05) is 102 Å². The molecule has 18 heteroatoms. The molecule has 2 N–H and O–H groups in total. The Labute approximate surface area is 417 Å². The fourth-order valence-corrected chi connectivity index (χ4v) is 6.68. The normalized spacial score (nSPS) is 13.5. The lowest BCUT2D eigenvalue weighted by atomic mass is 10.0. The second-order valence-corrected chi connectivity index (χ2v) is 17.3. The summed E-state index contributed by atoms with van der Waals surface area (Å²) in [5.41, 5.74) is 2.45. The number of aldehydes is 1. The summed E-state index contributed by atoms with van der Waals surface area (Å²) in [7, 11) is 5.07. The van der Waals surface area contributed by atoms with E-state index >= 15 is 0 Å². The van der Waals surface area contributed by atoms with Gasteiger partial charge in [0.05, 0.1) is 74.7 Å². The lowest BCUT2D eigenvalue weighted by Gasteiger charge is -2.25. The van der Waals surface area contributed by atoms with Crippen LogP contribution in [0.4, 0.5) is 24.5 Å². The van der Waals surface area contributed by atoms with Crippen LogP contribution in [-0.2, 0) is 50.8 Å². The molecule has 3 aromatic rings. The number of amides is 3. The lowest BCUT2D eigenvalue weighted by molar-refractivity contribution is -0.137. The Kier molecular flexibility index (Phi) is 26.5. The Morgan fingerprint density at radius 1 is 0.817 bits per heavy atom. The van der Waals surface area contributed by atoms with E-state index in [1.54, 1.807) is 68.7 Å². The van der Waals surface area contributed by atoms with Crippen LogP contribution in [0.5, 0.6) is 0 Å². The van der Waals surface area contributed by atoms with Gasteiger partial charge < -0.3 is 48.9 Å². The molecule has 4 rings (SSSR count). The van der Waals surface area contributed by atoms with Crippen molar-refractivity contribution >= 4 is 35.4 Å². The molecule has 0 fully saturated rings. The number of methoxy groups -OCH3 is 2. The number of nitrogens with one attached hydrogen (secondary N) is 2. The molecule has 0 saturated heterocycles. The van der Waals surface area contributed by atoms with Gasteiger partial charge in [-0.3, -0.25) is 24.3 Å². The highest BCUT2D eigenvalue weighted by molar-refractivity contribution is 6.01. The van der Waals surface area contributed by atoms with Gasteiger partial charge in [-0.1, -0.05) is 36.4 Å². The molecule has 1 aliphatic carbocycles. The largest absolute Gasteiger partial charge is 0.416 e. The van der Waals surface area contributed by atoms with Gasteiger partial charge in [-0.25, -0.2) is 0 Å². The molecular formula is C53H73F3N6O9. The Balaban J connectivity index is 0.00000208. The smallest absolute Gasteiger partial charge is 0.383 e. The fourth-order valence-electron chi connectivity index (χ4n) is 6.68. The van der Waals surface area contributed by atoms with Crippen molar-refractivity contribution in [1.29, 1.82) is 0 Å². The number of anilines is 2. The van der Waals surface area contributed by atoms with Crippen molar-refractivity contribution in [3.8, 4) is 11.3 Å². The topological polar surface area (TPSA) is 161 Å². The summed E-state index contributed by atoms with van der Waals surface area (Å²) in [5, 5.41) is 5.71. The molecular weight excluding hydrogens is 922 g/mol. The number of halogens is 3. The molecule has 15 nitrogen and oxygen atoms in total. The molecule has 0 aliphatic heterocycles. The SMILES string of the molecule is CCN(CC)c1ccc(NC(=O)C2C=CC=C(C(=O)N(C)CCN(CCOC)CCOCCOCCOCCC=O)C=C2)c(-c2cc(C(=O)NCc3cccc(C(F)(F)F)c3)ccn2)c1.COC(C)(C)C. The zero-order valence-electron chi connectivity index (χ0n) is 42.5. The van der Waals surface area contributed by atoms with Crippen molar-refractivity contribution in [2.45, 2.75) is 59.4 Å². The molecule has 1 aromatic heterocycles. The molecule has 390 valence electrons. The number of carbonyl (C=O) groups excluding carboxylic acids is 4. The zero-order chi connectivity index (χ0) is 52.2. The van der Waals surface area contributed by atoms with Crippen LogP contribution in [0.15, 0.2) is 96.7 Å². The number of benzene rings is 2. The predicted molar refractivity (Wildman–Crippen MR) is 270 cm³/mol. The first-order valence-corrected chi connectivity index (χ1v) is 23.8. The van der Waals surface area contributed by atoms with Gasteiger partial charge in [0.1, 0.15) is 6.29 Å².